The van der Waals surface area contributed by atoms with Crippen LogP contribution >= 0.6 is 11.3 Å². The largest absolute Gasteiger partial charge is 0.135 e. The fourth-order valence-electron chi connectivity index (χ4n) is 7.72. The Labute approximate surface area is 323 Å². The quantitative estimate of drug-likeness (QED) is 0.200. The van der Waals surface area contributed by atoms with Gasteiger partial charge in [0.1, 0.15) is 62.8 Å². The highest BCUT2D eigenvalue weighted by Gasteiger charge is 2.24. The number of rotatable bonds is 4. The topological polar surface area (TPSA) is 0 Å². The van der Waals surface area contributed by atoms with E-state index in [2.05, 4.69) is 72.8 Å². The molecule has 9 heteroatoms. The molecule has 0 atom stereocenters. The molecule has 9 rings (SSSR count). The third-order valence-corrected chi connectivity index (χ3v) is 11.6. The van der Waals surface area contributed by atoms with Crippen molar-refractivity contribution < 1.29 is 0 Å². The van der Waals surface area contributed by atoms with Gasteiger partial charge in [-0.05, 0) is 84.3 Å². The van der Waals surface area contributed by atoms with Crippen molar-refractivity contribution in [2.45, 2.75) is 0 Å². The van der Waals surface area contributed by atoms with Gasteiger partial charge in [0.15, 0.2) is 0 Å². The molecule has 0 nitrogen and oxygen atoms in total. The standard InChI is InChI=1S/C44H20B8S/c45-37-33-31(23-9-5-2-6-10-23)34-36(40(48)44(52)42(50)38(34)46)32(35(33)39(47)43(51)41(37)49)24-13-11-22(12-14-24)25-16-18-29-28(19-25)27-17-15-26(20-30(27)53-29)21-7-3-1-4-8-21/h1-20H. The third-order valence-electron chi connectivity index (χ3n) is 10.5. The molecule has 0 bridgehead atoms. The number of hydrogen-bond acceptors (Lipinski definition) is 1. The van der Waals surface area contributed by atoms with E-state index in [4.69, 9.17) is 62.8 Å². The zero-order valence-electron chi connectivity index (χ0n) is 28.6. The summed E-state index contributed by atoms with van der Waals surface area (Å²) in [5, 5.41) is 4.86. The van der Waals surface area contributed by atoms with E-state index in [0.717, 1.165) is 22.3 Å². The van der Waals surface area contributed by atoms with Crippen LogP contribution in [0.25, 0.3) is 86.2 Å². The summed E-state index contributed by atoms with van der Waals surface area (Å²) in [6, 6.07) is 41.7. The van der Waals surface area contributed by atoms with Gasteiger partial charge in [-0.15, -0.1) is 33.2 Å². The monoisotopic (exact) mass is 668 g/mol. The Bertz CT molecular complexity index is 2870. The maximum Gasteiger partial charge on any atom is 0.113 e. The Hall–Kier alpha value is -4.98. The molecule has 0 N–H and O–H groups in total. The van der Waals surface area contributed by atoms with Gasteiger partial charge in [0.25, 0.3) is 0 Å². The molecule has 8 aromatic carbocycles. The molecule has 0 spiro atoms. The highest BCUT2D eigenvalue weighted by Crippen LogP contribution is 2.42. The number of fused-ring (bicyclic) bond motifs is 5. The summed E-state index contributed by atoms with van der Waals surface area (Å²) in [4.78, 5) is 0. The molecule has 226 valence electrons. The number of hydrogen-bond donors (Lipinski definition) is 0. The van der Waals surface area contributed by atoms with Gasteiger partial charge in [0.05, 0.1) is 0 Å². The molecule has 0 amide bonds. The lowest BCUT2D eigenvalue weighted by molar-refractivity contribution is 1.64. The summed E-state index contributed by atoms with van der Waals surface area (Å²) in [5.74, 6) is 0. The van der Waals surface area contributed by atoms with Crippen LogP contribution in [0.3, 0.4) is 0 Å². The molecular formula is C44H20B8S. The summed E-state index contributed by atoms with van der Waals surface area (Å²) < 4.78 is 2.48. The molecule has 53 heavy (non-hydrogen) atoms. The normalized spacial score (nSPS) is 11.6. The van der Waals surface area contributed by atoms with Crippen LogP contribution in [0.15, 0.2) is 121 Å². The average Bonchev–Trinajstić information content (AvgIpc) is 3.57. The Morgan fingerprint density at radius 1 is 0.283 bits per heavy atom. The molecule has 0 fully saturated rings. The Kier molecular flexibility index (Phi) is 8.20. The van der Waals surface area contributed by atoms with Crippen LogP contribution in [0.5, 0.6) is 0 Å². The highest BCUT2D eigenvalue weighted by atomic mass is 32.1. The van der Waals surface area contributed by atoms with E-state index in [1.807, 2.05) is 48.5 Å². The zero-order valence-corrected chi connectivity index (χ0v) is 29.4. The summed E-state index contributed by atoms with van der Waals surface area (Å²) in [5.41, 5.74) is 9.43. The molecule has 0 saturated heterocycles. The minimum Gasteiger partial charge on any atom is -0.135 e. The molecule has 0 aliphatic heterocycles. The fourth-order valence-corrected chi connectivity index (χ4v) is 8.85. The van der Waals surface area contributed by atoms with E-state index in [1.165, 1.54) is 31.3 Å². The van der Waals surface area contributed by atoms with Crippen molar-refractivity contribution in [3.05, 3.63) is 121 Å². The van der Waals surface area contributed by atoms with Crippen molar-refractivity contribution >= 4 is 160 Å². The second-order valence-corrected chi connectivity index (χ2v) is 14.5. The van der Waals surface area contributed by atoms with E-state index in [9.17, 15) is 0 Å². The van der Waals surface area contributed by atoms with Crippen LogP contribution in [0.1, 0.15) is 0 Å². The molecule has 0 saturated carbocycles. The predicted octanol–water partition coefficient (Wildman–Crippen LogP) is 3.38. The maximum absolute atomic E-state index is 6.88. The molecular weight excluding hydrogens is 647 g/mol. The van der Waals surface area contributed by atoms with Crippen LogP contribution in [0, 0.1) is 0 Å². The van der Waals surface area contributed by atoms with Crippen molar-refractivity contribution in [2.75, 3.05) is 0 Å². The van der Waals surface area contributed by atoms with Gasteiger partial charge in [0, 0.05) is 20.2 Å². The predicted molar refractivity (Wildman–Crippen MR) is 239 cm³/mol. The Morgan fingerprint density at radius 3 is 1.17 bits per heavy atom. The van der Waals surface area contributed by atoms with Gasteiger partial charge < -0.3 is 0 Å². The first-order valence-corrected chi connectivity index (χ1v) is 17.9. The first kappa shape index (κ1) is 33.8. The smallest absolute Gasteiger partial charge is 0.113 e. The highest BCUT2D eigenvalue weighted by molar-refractivity contribution is 7.25. The first-order valence-electron chi connectivity index (χ1n) is 17.1. The summed E-state index contributed by atoms with van der Waals surface area (Å²) in [7, 11) is 53.5. The molecule has 0 aliphatic carbocycles. The van der Waals surface area contributed by atoms with Gasteiger partial charge in [0.2, 0.25) is 0 Å². The Balaban J connectivity index is 1.27. The fraction of sp³-hybridized carbons (Fsp3) is 0. The third kappa shape index (κ3) is 5.23. The van der Waals surface area contributed by atoms with E-state index in [1.54, 1.807) is 11.3 Å². The minimum absolute atomic E-state index is 0.188. The number of benzene rings is 8. The maximum atomic E-state index is 6.88. The van der Waals surface area contributed by atoms with E-state index < -0.39 is 0 Å². The zero-order chi connectivity index (χ0) is 36.7. The van der Waals surface area contributed by atoms with Gasteiger partial charge in [-0.3, -0.25) is 0 Å². The molecule has 1 heterocycles. The minimum atomic E-state index is 0.188. The van der Waals surface area contributed by atoms with Crippen molar-refractivity contribution in [1.82, 2.24) is 0 Å². The van der Waals surface area contributed by atoms with Crippen molar-refractivity contribution in [3.8, 4) is 44.5 Å². The average molecular weight is 667 g/mol. The van der Waals surface area contributed by atoms with Crippen molar-refractivity contribution in [1.29, 1.82) is 0 Å². The van der Waals surface area contributed by atoms with Gasteiger partial charge in [-0.1, -0.05) is 125 Å². The molecule has 9 aromatic rings. The molecule has 1 aromatic heterocycles. The summed E-state index contributed by atoms with van der Waals surface area (Å²) in [6.45, 7) is 0. The Morgan fingerprint density at radius 2 is 0.660 bits per heavy atom. The van der Waals surface area contributed by atoms with Crippen molar-refractivity contribution in [3.63, 3.8) is 0 Å². The van der Waals surface area contributed by atoms with E-state index in [0.29, 0.717) is 32.7 Å². The first-order chi connectivity index (χ1) is 25.6. The molecule has 16 radical (unpaired) electrons. The van der Waals surface area contributed by atoms with E-state index >= 15 is 0 Å². The molecule has 0 aliphatic rings. The lowest BCUT2D eigenvalue weighted by atomic mass is 9.59. The van der Waals surface area contributed by atoms with Crippen LogP contribution < -0.4 is 43.7 Å². The van der Waals surface area contributed by atoms with Crippen LogP contribution in [-0.2, 0) is 0 Å². The molecule has 0 unspecified atom stereocenters. The van der Waals surface area contributed by atoms with Gasteiger partial charge >= 0.3 is 0 Å². The summed E-state index contributed by atoms with van der Waals surface area (Å²) >= 11 is 1.80. The van der Waals surface area contributed by atoms with Crippen LogP contribution in [0.4, 0.5) is 0 Å². The van der Waals surface area contributed by atoms with Crippen LogP contribution in [0.2, 0.25) is 0 Å². The summed E-state index contributed by atoms with van der Waals surface area (Å²) in [6.07, 6.45) is 0. The van der Waals surface area contributed by atoms with Gasteiger partial charge in [-0.25, -0.2) is 0 Å². The van der Waals surface area contributed by atoms with Gasteiger partial charge in [-0.2, -0.15) is 0 Å². The second kappa shape index (κ2) is 12.9. The van der Waals surface area contributed by atoms with E-state index in [-0.39, 0.29) is 43.7 Å². The SMILES string of the molecule is [B]c1c([B])c([B])c2c(-c3ccc(-c4ccc5sc6cc(-c7ccccc7)ccc6c5c4)cc3)c3c([B])c([B])c([B])c([B])c3c(-c3ccccc3)c2c1[B]. The lowest BCUT2D eigenvalue weighted by Gasteiger charge is -2.28. The van der Waals surface area contributed by atoms with Crippen LogP contribution in [-0.4, -0.2) is 62.8 Å². The lowest BCUT2D eigenvalue weighted by Crippen LogP contribution is -2.50. The van der Waals surface area contributed by atoms with Crippen molar-refractivity contribution in [2.24, 2.45) is 0 Å². The second-order valence-electron chi connectivity index (χ2n) is 13.4. The number of thiophene rings is 1.